The topological polar surface area (TPSA) is 42.2 Å². The first-order chi connectivity index (χ1) is 9.36. The van der Waals surface area contributed by atoms with E-state index in [-0.39, 0.29) is 18.2 Å². The first-order valence-electron chi connectivity index (χ1n) is 6.25. The smallest absolute Gasteiger partial charge is 0.352 e. The molecule has 0 aliphatic heterocycles. The molecule has 0 fully saturated rings. The molecule has 1 heterocycles. The third-order valence-corrected chi connectivity index (χ3v) is 3.30. The SMILES string of the molecule is CC(C)c1cc(C(=O)O)n(Cc2cc(F)cc(Cl)c2)c1. The van der Waals surface area contributed by atoms with Gasteiger partial charge in [-0.3, -0.25) is 0 Å². The molecule has 0 radical (unpaired) electrons. The number of benzene rings is 1. The van der Waals surface area contributed by atoms with E-state index in [0.717, 1.165) is 5.56 Å². The lowest BCUT2D eigenvalue weighted by Gasteiger charge is -2.07. The zero-order valence-corrected chi connectivity index (χ0v) is 12.0. The van der Waals surface area contributed by atoms with E-state index in [1.165, 1.54) is 12.1 Å². The predicted octanol–water partition coefficient (Wildman–Crippen LogP) is 4.15. The zero-order valence-electron chi connectivity index (χ0n) is 11.2. The summed E-state index contributed by atoms with van der Waals surface area (Å²) < 4.78 is 14.9. The lowest BCUT2D eigenvalue weighted by molar-refractivity contribution is 0.0685. The maximum Gasteiger partial charge on any atom is 0.352 e. The van der Waals surface area contributed by atoms with Crippen LogP contribution in [0.5, 0.6) is 0 Å². The standard InChI is InChI=1S/C15H15ClFNO2/c1-9(2)11-5-14(15(19)20)18(8-11)7-10-3-12(16)6-13(17)4-10/h3-6,8-9H,7H2,1-2H3,(H,19,20). The largest absolute Gasteiger partial charge is 0.477 e. The molecule has 20 heavy (non-hydrogen) atoms. The molecule has 3 nitrogen and oxygen atoms in total. The molecule has 0 saturated carbocycles. The van der Waals surface area contributed by atoms with Crippen molar-refractivity contribution in [1.29, 1.82) is 0 Å². The third kappa shape index (κ3) is 3.20. The van der Waals surface area contributed by atoms with Crippen molar-refractivity contribution in [2.24, 2.45) is 0 Å². The van der Waals surface area contributed by atoms with Crippen LogP contribution in [0.25, 0.3) is 0 Å². The Balaban J connectivity index is 2.39. The number of aromatic nitrogens is 1. The van der Waals surface area contributed by atoms with E-state index < -0.39 is 11.8 Å². The van der Waals surface area contributed by atoms with Crippen LogP contribution in [0.4, 0.5) is 4.39 Å². The van der Waals surface area contributed by atoms with Gasteiger partial charge in [-0.15, -0.1) is 0 Å². The molecule has 0 unspecified atom stereocenters. The third-order valence-electron chi connectivity index (χ3n) is 3.08. The molecule has 0 aliphatic carbocycles. The van der Waals surface area contributed by atoms with Crippen LogP contribution in [0.1, 0.15) is 41.4 Å². The molecule has 0 saturated heterocycles. The molecule has 0 aliphatic rings. The summed E-state index contributed by atoms with van der Waals surface area (Å²) in [6, 6.07) is 5.85. The first kappa shape index (κ1) is 14.6. The highest BCUT2D eigenvalue weighted by atomic mass is 35.5. The Hall–Kier alpha value is -1.81. The van der Waals surface area contributed by atoms with E-state index in [1.54, 1.807) is 22.9 Å². The average Bonchev–Trinajstić information content (AvgIpc) is 2.71. The van der Waals surface area contributed by atoms with Gasteiger partial charge in [-0.1, -0.05) is 25.4 Å². The summed E-state index contributed by atoms with van der Waals surface area (Å²) in [6.45, 7) is 4.25. The molecule has 106 valence electrons. The van der Waals surface area contributed by atoms with Crippen molar-refractivity contribution >= 4 is 17.6 Å². The van der Waals surface area contributed by atoms with Gasteiger partial charge in [-0.2, -0.15) is 0 Å². The number of hydrogen-bond acceptors (Lipinski definition) is 1. The second-order valence-corrected chi connectivity index (χ2v) is 5.46. The van der Waals surface area contributed by atoms with Crippen molar-refractivity contribution in [2.45, 2.75) is 26.3 Å². The van der Waals surface area contributed by atoms with Gasteiger partial charge in [0.1, 0.15) is 11.5 Å². The monoisotopic (exact) mass is 295 g/mol. The van der Waals surface area contributed by atoms with Crippen molar-refractivity contribution in [1.82, 2.24) is 4.57 Å². The summed E-state index contributed by atoms with van der Waals surface area (Å²) in [5.41, 5.74) is 1.75. The number of carboxylic acids is 1. The number of rotatable bonds is 4. The van der Waals surface area contributed by atoms with Crippen LogP contribution >= 0.6 is 11.6 Å². The van der Waals surface area contributed by atoms with E-state index in [0.29, 0.717) is 10.6 Å². The van der Waals surface area contributed by atoms with E-state index in [2.05, 4.69) is 0 Å². The van der Waals surface area contributed by atoms with E-state index in [4.69, 9.17) is 11.6 Å². The summed E-state index contributed by atoms with van der Waals surface area (Å²) >= 11 is 5.81. The van der Waals surface area contributed by atoms with Crippen LogP contribution in [0, 0.1) is 5.82 Å². The van der Waals surface area contributed by atoms with Crippen molar-refractivity contribution < 1.29 is 14.3 Å². The van der Waals surface area contributed by atoms with E-state index in [1.807, 2.05) is 13.8 Å². The second kappa shape index (κ2) is 5.67. The normalized spacial score (nSPS) is 11.1. The van der Waals surface area contributed by atoms with Gasteiger partial charge in [0.2, 0.25) is 0 Å². The number of hydrogen-bond donors (Lipinski definition) is 1. The Morgan fingerprint density at radius 3 is 2.60 bits per heavy atom. The summed E-state index contributed by atoms with van der Waals surface area (Å²) in [5.74, 6) is -1.20. The average molecular weight is 296 g/mol. The van der Waals surface area contributed by atoms with Crippen LogP contribution in [-0.2, 0) is 6.54 Å². The van der Waals surface area contributed by atoms with Gasteiger partial charge in [0.05, 0.1) is 0 Å². The summed E-state index contributed by atoms with van der Waals surface area (Å²) in [7, 11) is 0. The summed E-state index contributed by atoms with van der Waals surface area (Å²) in [6.07, 6.45) is 1.78. The first-order valence-corrected chi connectivity index (χ1v) is 6.63. The van der Waals surface area contributed by atoms with E-state index >= 15 is 0 Å². The highest BCUT2D eigenvalue weighted by Gasteiger charge is 2.14. The summed E-state index contributed by atoms with van der Waals surface area (Å²) in [4.78, 5) is 11.3. The Bertz CT molecular complexity index is 629. The van der Waals surface area contributed by atoms with Crippen molar-refractivity contribution in [3.63, 3.8) is 0 Å². The molecule has 2 aromatic rings. The minimum absolute atomic E-state index is 0.189. The van der Waals surface area contributed by atoms with Crippen molar-refractivity contribution in [3.05, 3.63) is 58.1 Å². The molecule has 0 spiro atoms. The highest BCUT2D eigenvalue weighted by Crippen LogP contribution is 2.21. The number of carboxylic acid groups (broad SMARTS) is 1. The number of carbonyl (C=O) groups is 1. The fourth-order valence-corrected chi connectivity index (χ4v) is 2.30. The van der Waals surface area contributed by atoms with Crippen LogP contribution in [0.3, 0.4) is 0 Å². The Morgan fingerprint density at radius 2 is 2.05 bits per heavy atom. The number of halogens is 2. The summed E-state index contributed by atoms with van der Waals surface area (Å²) in [5, 5.41) is 9.53. The minimum atomic E-state index is -1.00. The van der Waals surface area contributed by atoms with Gasteiger partial charge >= 0.3 is 5.97 Å². The molecule has 2 rings (SSSR count). The maximum absolute atomic E-state index is 13.3. The molecule has 0 amide bonds. The second-order valence-electron chi connectivity index (χ2n) is 5.02. The van der Waals surface area contributed by atoms with Gasteiger partial charge < -0.3 is 9.67 Å². The molecule has 1 N–H and O–H groups in total. The fraction of sp³-hybridized carbons (Fsp3) is 0.267. The fourth-order valence-electron chi connectivity index (χ4n) is 2.06. The number of aromatic carboxylic acids is 1. The number of nitrogens with zero attached hydrogens (tertiary/aromatic N) is 1. The predicted molar refractivity (Wildman–Crippen MR) is 76.0 cm³/mol. The van der Waals surface area contributed by atoms with Crippen LogP contribution in [-0.4, -0.2) is 15.6 Å². The molecule has 5 heteroatoms. The lowest BCUT2D eigenvalue weighted by Crippen LogP contribution is -2.08. The van der Waals surface area contributed by atoms with Crippen LogP contribution < -0.4 is 0 Å². The Morgan fingerprint density at radius 1 is 1.35 bits per heavy atom. The van der Waals surface area contributed by atoms with Gasteiger partial charge in [0, 0.05) is 17.8 Å². The minimum Gasteiger partial charge on any atom is -0.477 e. The molecule has 1 aromatic carbocycles. The molecule has 0 bridgehead atoms. The van der Waals surface area contributed by atoms with Crippen LogP contribution in [0.2, 0.25) is 5.02 Å². The van der Waals surface area contributed by atoms with Crippen molar-refractivity contribution in [2.75, 3.05) is 0 Å². The molecule has 1 aromatic heterocycles. The quantitative estimate of drug-likeness (QED) is 0.920. The molecule has 0 atom stereocenters. The lowest BCUT2D eigenvalue weighted by atomic mass is 10.1. The van der Waals surface area contributed by atoms with Gasteiger partial charge in [-0.25, -0.2) is 9.18 Å². The zero-order chi connectivity index (χ0) is 14.9. The van der Waals surface area contributed by atoms with Crippen molar-refractivity contribution in [3.8, 4) is 0 Å². The Kier molecular flexibility index (Phi) is 4.14. The maximum atomic E-state index is 13.3. The highest BCUT2D eigenvalue weighted by molar-refractivity contribution is 6.30. The van der Waals surface area contributed by atoms with Gasteiger partial charge in [-0.05, 0) is 41.3 Å². The van der Waals surface area contributed by atoms with Crippen LogP contribution in [0.15, 0.2) is 30.5 Å². The van der Waals surface area contributed by atoms with Gasteiger partial charge in [0.15, 0.2) is 0 Å². The van der Waals surface area contributed by atoms with E-state index in [9.17, 15) is 14.3 Å². The Labute approximate surface area is 121 Å². The molecular weight excluding hydrogens is 281 g/mol. The molecular formula is C15H15ClFNO2. The van der Waals surface area contributed by atoms with Gasteiger partial charge in [0.25, 0.3) is 0 Å².